The van der Waals surface area contributed by atoms with Crippen LogP contribution >= 0.6 is 11.8 Å². The van der Waals surface area contributed by atoms with Gasteiger partial charge in [-0.15, -0.1) is 0 Å². The Kier molecular flexibility index (Phi) is 4.85. The molecular weight excluding hydrogens is 268 g/mol. The van der Waals surface area contributed by atoms with Gasteiger partial charge in [0.15, 0.2) is 0 Å². The van der Waals surface area contributed by atoms with Crippen molar-refractivity contribution < 1.29 is 13.2 Å². The fourth-order valence-corrected chi connectivity index (χ4v) is 2.43. The van der Waals surface area contributed by atoms with E-state index < -0.39 is 5.76 Å². The maximum atomic E-state index is 12.5. The number of rotatable bonds is 6. The zero-order chi connectivity index (χ0) is 13.7. The molecule has 0 saturated heterocycles. The van der Waals surface area contributed by atoms with E-state index in [-0.39, 0.29) is 6.04 Å². The van der Waals surface area contributed by atoms with Gasteiger partial charge in [0.25, 0.3) is 5.76 Å². The number of nitrogens with one attached hydrogen (secondary N) is 1. The number of hydrogen-bond acceptors (Lipinski definition) is 3. The Labute approximate surface area is 115 Å². The molecule has 0 aliphatic carbocycles. The number of furan rings is 1. The molecule has 1 atom stereocenters. The van der Waals surface area contributed by atoms with Crippen LogP contribution in [-0.4, -0.2) is 11.8 Å². The molecule has 0 fully saturated rings. The molecule has 0 aliphatic heterocycles. The zero-order valence-electron chi connectivity index (χ0n) is 10.5. The van der Waals surface area contributed by atoms with Gasteiger partial charge in [-0.2, -0.15) is 8.78 Å². The normalized spacial score (nSPS) is 12.6. The van der Waals surface area contributed by atoms with E-state index in [1.54, 1.807) is 18.4 Å². The van der Waals surface area contributed by atoms with Crippen LogP contribution in [0.1, 0.15) is 12.7 Å². The molecule has 0 radical (unpaired) electrons. The highest BCUT2D eigenvalue weighted by molar-refractivity contribution is 7.99. The summed E-state index contributed by atoms with van der Waals surface area (Å²) in [7, 11) is 0. The summed E-state index contributed by atoms with van der Waals surface area (Å²) >= 11 is 0.556. The Morgan fingerprint density at radius 2 is 2.00 bits per heavy atom. The number of anilines is 1. The van der Waals surface area contributed by atoms with E-state index in [1.165, 1.54) is 0 Å². The second kappa shape index (κ2) is 6.61. The number of hydrogen-bond donors (Lipinski definition) is 1. The minimum absolute atomic E-state index is 0.102. The van der Waals surface area contributed by atoms with Crippen LogP contribution in [0.5, 0.6) is 0 Å². The third-order valence-electron chi connectivity index (χ3n) is 2.59. The first kappa shape index (κ1) is 13.9. The lowest BCUT2D eigenvalue weighted by Crippen LogP contribution is -2.18. The van der Waals surface area contributed by atoms with Crippen molar-refractivity contribution in [3.63, 3.8) is 0 Å². The molecule has 102 valence electrons. The Balaban J connectivity index is 2.01. The van der Waals surface area contributed by atoms with Gasteiger partial charge in [-0.1, -0.05) is 23.9 Å². The van der Waals surface area contributed by atoms with Crippen molar-refractivity contribution in [3.05, 3.63) is 48.4 Å². The summed E-state index contributed by atoms with van der Waals surface area (Å²) < 4.78 is 30.2. The van der Waals surface area contributed by atoms with Crippen LogP contribution in [0.3, 0.4) is 0 Å². The molecule has 0 spiro atoms. The smallest absolute Gasteiger partial charge is 0.288 e. The topological polar surface area (TPSA) is 25.2 Å². The predicted octanol–water partition coefficient (Wildman–Crippen LogP) is 4.64. The highest BCUT2D eigenvalue weighted by atomic mass is 32.2. The van der Waals surface area contributed by atoms with Gasteiger partial charge in [0, 0.05) is 23.0 Å². The predicted molar refractivity (Wildman–Crippen MR) is 73.8 cm³/mol. The van der Waals surface area contributed by atoms with E-state index in [9.17, 15) is 8.78 Å². The third kappa shape index (κ3) is 4.28. The van der Waals surface area contributed by atoms with Gasteiger partial charge in [0.1, 0.15) is 5.76 Å². The Bertz CT molecular complexity index is 502. The molecule has 2 rings (SSSR count). The lowest BCUT2D eigenvalue weighted by Gasteiger charge is -2.16. The Hall–Kier alpha value is -1.49. The van der Waals surface area contributed by atoms with Crippen LogP contribution in [0.4, 0.5) is 14.5 Å². The van der Waals surface area contributed by atoms with Crippen molar-refractivity contribution in [2.75, 3.05) is 5.32 Å². The quantitative estimate of drug-likeness (QED) is 0.782. The first-order valence-electron chi connectivity index (χ1n) is 5.98. The standard InChI is InChI=1S/C14H15F2NOS/c1-10(9-11-5-4-8-18-11)17-12-6-2-3-7-13(12)19-14(15)16/h2-8,10,14,17H,9H2,1H3. The number of para-hydroxylation sites is 1. The average molecular weight is 283 g/mol. The molecule has 0 bridgehead atoms. The summed E-state index contributed by atoms with van der Waals surface area (Å²) in [5, 5.41) is 3.24. The third-order valence-corrected chi connectivity index (χ3v) is 3.38. The van der Waals surface area contributed by atoms with Crippen molar-refractivity contribution in [3.8, 4) is 0 Å². The average Bonchev–Trinajstić information content (AvgIpc) is 2.83. The monoisotopic (exact) mass is 283 g/mol. The molecule has 1 heterocycles. The highest BCUT2D eigenvalue weighted by Crippen LogP contribution is 2.32. The molecule has 0 saturated carbocycles. The summed E-state index contributed by atoms with van der Waals surface area (Å²) in [5.41, 5.74) is 0.729. The van der Waals surface area contributed by atoms with Crippen LogP contribution in [0.25, 0.3) is 0 Å². The van der Waals surface area contributed by atoms with Crippen LogP contribution < -0.4 is 5.32 Å². The van der Waals surface area contributed by atoms with E-state index in [2.05, 4.69) is 5.32 Å². The molecule has 1 aromatic heterocycles. The van der Waals surface area contributed by atoms with E-state index >= 15 is 0 Å². The van der Waals surface area contributed by atoms with E-state index in [0.717, 1.165) is 11.4 Å². The number of alkyl halides is 2. The van der Waals surface area contributed by atoms with Crippen molar-refractivity contribution >= 4 is 17.4 Å². The zero-order valence-corrected chi connectivity index (χ0v) is 11.3. The van der Waals surface area contributed by atoms with Gasteiger partial charge in [-0.3, -0.25) is 0 Å². The van der Waals surface area contributed by atoms with Gasteiger partial charge in [-0.25, -0.2) is 0 Å². The minimum atomic E-state index is -2.41. The summed E-state index contributed by atoms with van der Waals surface area (Å²) in [4.78, 5) is 0.559. The maximum Gasteiger partial charge on any atom is 0.288 e. The van der Waals surface area contributed by atoms with Crippen LogP contribution in [0, 0.1) is 0 Å². The SMILES string of the molecule is CC(Cc1ccco1)Nc1ccccc1SC(F)F. The molecule has 19 heavy (non-hydrogen) atoms. The van der Waals surface area contributed by atoms with Gasteiger partial charge in [0.05, 0.1) is 6.26 Å². The van der Waals surface area contributed by atoms with E-state index in [0.29, 0.717) is 23.1 Å². The molecule has 5 heteroatoms. The van der Waals surface area contributed by atoms with Gasteiger partial charge in [-0.05, 0) is 31.2 Å². The number of benzene rings is 1. The largest absolute Gasteiger partial charge is 0.469 e. The molecule has 0 amide bonds. The van der Waals surface area contributed by atoms with Crippen LogP contribution in [-0.2, 0) is 6.42 Å². The first-order chi connectivity index (χ1) is 9.15. The molecule has 1 aromatic carbocycles. The summed E-state index contributed by atoms with van der Waals surface area (Å²) in [6.45, 7) is 1.99. The number of halogens is 2. The Morgan fingerprint density at radius 3 is 2.68 bits per heavy atom. The van der Waals surface area contributed by atoms with Crippen molar-refractivity contribution in [2.45, 2.75) is 30.0 Å². The van der Waals surface area contributed by atoms with Gasteiger partial charge >= 0.3 is 0 Å². The summed E-state index contributed by atoms with van der Waals surface area (Å²) in [6.07, 6.45) is 2.34. The second-order valence-corrected chi connectivity index (χ2v) is 5.24. The van der Waals surface area contributed by atoms with Crippen LogP contribution in [0.2, 0.25) is 0 Å². The molecule has 1 N–H and O–H groups in total. The lowest BCUT2D eigenvalue weighted by atomic mass is 10.2. The van der Waals surface area contributed by atoms with Gasteiger partial charge < -0.3 is 9.73 Å². The maximum absolute atomic E-state index is 12.5. The molecule has 2 aromatic rings. The van der Waals surface area contributed by atoms with Crippen molar-refractivity contribution in [1.29, 1.82) is 0 Å². The summed E-state index contributed by atoms with van der Waals surface area (Å²) in [6, 6.07) is 10.9. The fourth-order valence-electron chi connectivity index (χ4n) is 1.83. The minimum Gasteiger partial charge on any atom is -0.469 e. The highest BCUT2D eigenvalue weighted by Gasteiger charge is 2.12. The first-order valence-corrected chi connectivity index (χ1v) is 6.86. The van der Waals surface area contributed by atoms with Crippen molar-refractivity contribution in [2.24, 2.45) is 0 Å². The molecular formula is C14H15F2NOS. The second-order valence-electron chi connectivity index (χ2n) is 4.20. The van der Waals surface area contributed by atoms with E-state index in [4.69, 9.17) is 4.42 Å². The lowest BCUT2D eigenvalue weighted by molar-refractivity contribution is 0.252. The molecule has 1 unspecified atom stereocenters. The van der Waals surface area contributed by atoms with Gasteiger partial charge in [0.2, 0.25) is 0 Å². The van der Waals surface area contributed by atoms with Crippen LogP contribution in [0.15, 0.2) is 52.0 Å². The summed E-state index contributed by atoms with van der Waals surface area (Å²) in [5.74, 6) is -1.54. The van der Waals surface area contributed by atoms with Crippen molar-refractivity contribution in [1.82, 2.24) is 0 Å². The van der Waals surface area contributed by atoms with E-state index in [1.807, 2.05) is 31.2 Å². The molecule has 2 nitrogen and oxygen atoms in total. The molecule has 0 aliphatic rings. The number of thioether (sulfide) groups is 1. The fraction of sp³-hybridized carbons (Fsp3) is 0.286. The Morgan fingerprint density at radius 1 is 1.21 bits per heavy atom.